The zero-order valence-corrected chi connectivity index (χ0v) is 15.8. The van der Waals surface area contributed by atoms with Crippen LogP contribution in [0.1, 0.15) is 43.7 Å². The van der Waals surface area contributed by atoms with E-state index in [1.807, 2.05) is 0 Å². The largest absolute Gasteiger partial charge is 0.502 e. The Bertz CT molecular complexity index is 1150. The summed E-state index contributed by atoms with van der Waals surface area (Å²) >= 11 is 0. The number of methoxy groups -OCH3 is 1. The quantitative estimate of drug-likeness (QED) is 0.686. The van der Waals surface area contributed by atoms with Crippen molar-refractivity contribution in [2.24, 2.45) is 5.92 Å². The fourth-order valence-electron chi connectivity index (χ4n) is 3.90. The van der Waals surface area contributed by atoms with Gasteiger partial charge in [-0.1, -0.05) is 42.5 Å². The van der Waals surface area contributed by atoms with Crippen LogP contribution in [0.15, 0.2) is 63.8 Å². The molecule has 0 aliphatic heterocycles. The summed E-state index contributed by atoms with van der Waals surface area (Å²) in [7, 11) is 1.47. The predicted octanol–water partition coefficient (Wildman–Crippen LogP) is 3.49. The van der Waals surface area contributed by atoms with Crippen LogP contribution < -0.4 is 10.2 Å². The Kier molecular flexibility index (Phi) is 4.54. The lowest BCUT2D eigenvalue weighted by atomic mass is 9.80. The lowest BCUT2D eigenvalue weighted by Crippen LogP contribution is -2.26. The summed E-state index contributed by atoms with van der Waals surface area (Å²) in [6.07, 6.45) is 0. The van der Waals surface area contributed by atoms with Gasteiger partial charge < -0.3 is 14.3 Å². The van der Waals surface area contributed by atoms with Gasteiger partial charge in [-0.05, 0) is 13.0 Å². The smallest absolute Gasteiger partial charge is 0.227 e. The van der Waals surface area contributed by atoms with Gasteiger partial charge in [-0.2, -0.15) is 0 Å². The number of ether oxygens (including phenoxy) is 1. The Labute approximate surface area is 166 Å². The fraction of sp³-hybridized carbons (Fsp3) is 0.174. The summed E-state index contributed by atoms with van der Waals surface area (Å²) in [5.74, 6) is -3.04. The topological polar surface area (TPSA) is 93.8 Å². The zero-order valence-electron chi connectivity index (χ0n) is 15.8. The third-order valence-electron chi connectivity index (χ3n) is 5.18. The Morgan fingerprint density at radius 2 is 1.55 bits per heavy atom. The number of hydrogen-bond donors (Lipinski definition) is 1. The van der Waals surface area contributed by atoms with E-state index < -0.39 is 23.0 Å². The Morgan fingerprint density at radius 3 is 2.17 bits per heavy atom. The highest BCUT2D eigenvalue weighted by Gasteiger charge is 2.47. The number of hydrogen-bond acceptors (Lipinski definition) is 6. The monoisotopic (exact) mass is 390 g/mol. The van der Waals surface area contributed by atoms with Crippen molar-refractivity contribution in [3.63, 3.8) is 0 Å². The molecule has 1 unspecified atom stereocenters. The molecular formula is C23H18O6. The molecule has 1 N–H and O–H groups in total. The average molecular weight is 390 g/mol. The maximum atomic E-state index is 13.2. The number of Topliss-reactive ketones (excluding diaryl/α,β-unsaturated/α-hetero) is 2. The number of benzene rings is 2. The average Bonchev–Trinajstić information content (AvgIpc) is 2.97. The van der Waals surface area contributed by atoms with Crippen LogP contribution in [0, 0.1) is 12.8 Å². The van der Waals surface area contributed by atoms with Crippen molar-refractivity contribution in [1.82, 2.24) is 0 Å². The number of aromatic hydroxyl groups is 1. The maximum absolute atomic E-state index is 13.2. The molecule has 1 aliphatic rings. The lowest BCUT2D eigenvalue weighted by molar-refractivity contribution is 0.0816. The summed E-state index contributed by atoms with van der Waals surface area (Å²) in [5, 5.41) is 10.5. The highest BCUT2D eigenvalue weighted by Crippen LogP contribution is 2.45. The number of para-hydroxylation sites is 1. The van der Waals surface area contributed by atoms with E-state index in [2.05, 4.69) is 0 Å². The van der Waals surface area contributed by atoms with Gasteiger partial charge in [-0.25, -0.2) is 0 Å². The van der Waals surface area contributed by atoms with Gasteiger partial charge in [-0.15, -0.1) is 0 Å². The lowest BCUT2D eigenvalue weighted by Gasteiger charge is -2.23. The van der Waals surface area contributed by atoms with Crippen molar-refractivity contribution in [3.05, 3.63) is 93.0 Å². The summed E-state index contributed by atoms with van der Waals surface area (Å²) in [6, 6.07) is 14.6. The minimum Gasteiger partial charge on any atom is -0.502 e. The van der Waals surface area contributed by atoms with Crippen LogP contribution in [0.5, 0.6) is 11.5 Å². The summed E-state index contributed by atoms with van der Waals surface area (Å²) in [6.45, 7) is 1.57. The molecule has 4 rings (SSSR count). The number of carbonyl (C=O) groups is 2. The molecule has 6 heteroatoms. The number of carbonyl (C=O) groups excluding carboxylic acids is 2. The van der Waals surface area contributed by atoms with Crippen LogP contribution in [-0.4, -0.2) is 23.8 Å². The van der Waals surface area contributed by atoms with E-state index in [1.54, 1.807) is 55.5 Å². The standard InChI is InChI=1S/C23H18O6/c1-12-11-16(24)22(27)23(29-12)18(15-9-5-6-10-17(15)28-2)19-20(25)13-7-3-4-8-14(13)21(19)26/h3-11,18-19,27H,1-2H3. The normalized spacial score (nSPS) is 14.7. The first-order valence-electron chi connectivity index (χ1n) is 9.08. The molecular weight excluding hydrogens is 372 g/mol. The number of fused-ring (bicyclic) bond motifs is 1. The number of rotatable bonds is 4. The van der Waals surface area contributed by atoms with Crippen molar-refractivity contribution < 1.29 is 23.8 Å². The molecule has 1 atom stereocenters. The van der Waals surface area contributed by atoms with Gasteiger partial charge >= 0.3 is 0 Å². The van der Waals surface area contributed by atoms with Crippen LogP contribution in [0.3, 0.4) is 0 Å². The van der Waals surface area contributed by atoms with Crippen LogP contribution in [-0.2, 0) is 0 Å². The molecule has 2 aromatic carbocycles. The fourth-order valence-corrected chi connectivity index (χ4v) is 3.90. The molecule has 6 nitrogen and oxygen atoms in total. The maximum Gasteiger partial charge on any atom is 0.227 e. The molecule has 0 saturated heterocycles. The molecule has 0 radical (unpaired) electrons. The number of aryl methyl sites for hydroxylation is 1. The molecule has 3 aromatic rings. The SMILES string of the molecule is COc1ccccc1C(c1oc(C)cc(=O)c1O)C1C(=O)c2ccccc2C1=O. The highest BCUT2D eigenvalue weighted by molar-refractivity contribution is 6.27. The zero-order chi connectivity index (χ0) is 20.7. The third kappa shape index (κ3) is 2.93. The Hall–Kier alpha value is -3.67. The molecule has 1 heterocycles. The highest BCUT2D eigenvalue weighted by atomic mass is 16.5. The molecule has 0 spiro atoms. The van der Waals surface area contributed by atoms with Crippen LogP contribution >= 0.6 is 0 Å². The molecule has 1 aromatic heterocycles. The molecule has 0 bridgehead atoms. The van der Waals surface area contributed by atoms with Gasteiger partial charge in [0.2, 0.25) is 11.2 Å². The van der Waals surface area contributed by atoms with E-state index >= 15 is 0 Å². The molecule has 146 valence electrons. The first-order chi connectivity index (χ1) is 13.9. The number of ketones is 2. The summed E-state index contributed by atoms with van der Waals surface area (Å²) in [4.78, 5) is 38.7. The summed E-state index contributed by atoms with van der Waals surface area (Å²) < 4.78 is 11.1. The van der Waals surface area contributed by atoms with Crippen molar-refractivity contribution in [3.8, 4) is 11.5 Å². The van der Waals surface area contributed by atoms with Gasteiger partial charge in [0.1, 0.15) is 11.5 Å². The Morgan fingerprint density at radius 1 is 0.966 bits per heavy atom. The minimum atomic E-state index is -1.18. The van der Waals surface area contributed by atoms with Crippen molar-refractivity contribution in [2.75, 3.05) is 7.11 Å². The van der Waals surface area contributed by atoms with E-state index in [-0.39, 0.29) is 23.1 Å². The van der Waals surface area contributed by atoms with Gasteiger partial charge in [0.25, 0.3) is 0 Å². The molecule has 0 amide bonds. The predicted molar refractivity (Wildman–Crippen MR) is 105 cm³/mol. The molecule has 0 fully saturated rings. The van der Waals surface area contributed by atoms with E-state index in [0.29, 0.717) is 22.4 Å². The van der Waals surface area contributed by atoms with Crippen molar-refractivity contribution in [2.45, 2.75) is 12.8 Å². The Balaban J connectivity index is 2.00. The first-order valence-corrected chi connectivity index (χ1v) is 9.08. The molecule has 1 aliphatic carbocycles. The van der Waals surface area contributed by atoms with Crippen molar-refractivity contribution >= 4 is 11.6 Å². The van der Waals surface area contributed by atoms with Gasteiger partial charge in [-0.3, -0.25) is 14.4 Å². The summed E-state index contributed by atoms with van der Waals surface area (Å²) in [5.41, 5.74) is 0.464. The van der Waals surface area contributed by atoms with E-state index in [0.717, 1.165) is 6.07 Å². The van der Waals surface area contributed by atoms with Crippen LogP contribution in [0.4, 0.5) is 0 Å². The minimum absolute atomic E-state index is 0.126. The second kappa shape index (κ2) is 7.05. The van der Waals surface area contributed by atoms with Crippen LogP contribution in [0.25, 0.3) is 0 Å². The van der Waals surface area contributed by atoms with E-state index in [4.69, 9.17) is 9.15 Å². The second-order valence-corrected chi connectivity index (χ2v) is 6.91. The third-order valence-corrected chi connectivity index (χ3v) is 5.18. The van der Waals surface area contributed by atoms with Gasteiger partial charge in [0.05, 0.1) is 18.9 Å². The molecule has 29 heavy (non-hydrogen) atoms. The van der Waals surface area contributed by atoms with E-state index in [9.17, 15) is 19.5 Å². The van der Waals surface area contributed by atoms with Gasteiger partial charge in [0.15, 0.2) is 17.3 Å². The van der Waals surface area contributed by atoms with Gasteiger partial charge in [0, 0.05) is 22.8 Å². The van der Waals surface area contributed by atoms with E-state index in [1.165, 1.54) is 7.11 Å². The first kappa shape index (κ1) is 18.7. The second-order valence-electron chi connectivity index (χ2n) is 6.91. The van der Waals surface area contributed by atoms with Crippen molar-refractivity contribution in [1.29, 1.82) is 0 Å². The van der Waals surface area contributed by atoms with Crippen LogP contribution in [0.2, 0.25) is 0 Å². The molecule has 0 saturated carbocycles.